The first-order valence-corrected chi connectivity index (χ1v) is 7.36. The molecule has 0 atom stereocenters. The van der Waals surface area contributed by atoms with Gasteiger partial charge < -0.3 is 0 Å². The van der Waals surface area contributed by atoms with E-state index in [1.165, 1.54) is 33.2 Å². The smallest absolute Gasteiger partial charge is 0.262 e. The molecule has 0 bridgehead atoms. The SMILES string of the molecule is C=CCN(C)S(=O)(=O)c1c(Cl)nc2sccn12. The molecule has 5 nitrogen and oxygen atoms in total. The molecule has 0 spiro atoms. The highest BCUT2D eigenvalue weighted by Crippen LogP contribution is 2.27. The molecule has 92 valence electrons. The minimum atomic E-state index is -3.65. The lowest BCUT2D eigenvalue weighted by atomic mass is 10.6. The molecule has 0 aliphatic carbocycles. The topological polar surface area (TPSA) is 54.7 Å². The number of imidazole rings is 1. The van der Waals surface area contributed by atoms with Crippen LogP contribution in [0.5, 0.6) is 0 Å². The van der Waals surface area contributed by atoms with Gasteiger partial charge in [-0.15, -0.1) is 17.9 Å². The average molecular weight is 292 g/mol. The van der Waals surface area contributed by atoms with Gasteiger partial charge in [0, 0.05) is 25.2 Å². The summed E-state index contributed by atoms with van der Waals surface area (Å²) < 4.78 is 27.2. The summed E-state index contributed by atoms with van der Waals surface area (Å²) in [6.45, 7) is 3.73. The van der Waals surface area contributed by atoms with E-state index in [0.717, 1.165) is 0 Å². The van der Waals surface area contributed by atoms with Gasteiger partial charge in [0.15, 0.2) is 15.1 Å². The Bertz CT molecular complexity index is 659. The molecule has 0 saturated carbocycles. The first-order chi connectivity index (χ1) is 7.98. The van der Waals surface area contributed by atoms with Crippen LogP contribution in [0.15, 0.2) is 29.3 Å². The minimum absolute atomic E-state index is 0.000216. The third-order valence-corrected chi connectivity index (χ3v) is 5.20. The van der Waals surface area contributed by atoms with Gasteiger partial charge in [-0.05, 0) is 0 Å². The maximum absolute atomic E-state index is 12.3. The first kappa shape index (κ1) is 12.6. The highest BCUT2D eigenvalue weighted by atomic mass is 35.5. The van der Waals surface area contributed by atoms with Crippen molar-refractivity contribution >= 4 is 37.9 Å². The Hall–Kier alpha value is -0.890. The van der Waals surface area contributed by atoms with Gasteiger partial charge in [0.1, 0.15) is 0 Å². The fourth-order valence-corrected chi connectivity index (χ4v) is 3.93. The fraction of sp³-hybridized carbons (Fsp3) is 0.222. The zero-order valence-electron chi connectivity index (χ0n) is 9.00. The van der Waals surface area contributed by atoms with Gasteiger partial charge in [0.2, 0.25) is 0 Å². The summed E-state index contributed by atoms with van der Waals surface area (Å²) in [4.78, 5) is 4.55. The molecule has 0 aromatic carbocycles. The molecule has 0 unspecified atom stereocenters. The van der Waals surface area contributed by atoms with Crippen molar-refractivity contribution in [2.24, 2.45) is 0 Å². The molecule has 2 heterocycles. The fourth-order valence-electron chi connectivity index (χ4n) is 1.40. The van der Waals surface area contributed by atoms with Crippen molar-refractivity contribution in [2.75, 3.05) is 13.6 Å². The van der Waals surface area contributed by atoms with Crippen molar-refractivity contribution in [3.63, 3.8) is 0 Å². The Balaban J connectivity index is 2.62. The van der Waals surface area contributed by atoms with Gasteiger partial charge in [-0.1, -0.05) is 17.7 Å². The summed E-state index contributed by atoms with van der Waals surface area (Å²) in [5, 5.41) is 1.75. The van der Waals surface area contributed by atoms with Crippen LogP contribution in [0, 0.1) is 0 Å². The van der Waals surface area contributed by atoms with Crippen LogP contribution in [-0.4, -0.2) is 35.7 Å². The predicted octanol–water partition coefficient (Wildman–Crippen LogP) is 1.86. The molecule has 2 rings (SSSR count). The zero-order valence-corrected chi connectivity index (χ0v) is 11.4. The molecule has 2 aromatic rings. The molecule has 0 aliphatic heterocycles. The van der Waals surface area contributed by atoms with E-state index in [1.807, 2.05) is 0 Å². The van der Waals surface area contributed by atoms with E-state index in [9.17, 15) is 8.42 Å². The van der Waals surface area contributed by atoms with Crippen LogP contribution >= 0.6 is 22.9 Å². The number of halogens is 1. The number of hydrogen-bond donors (Lipinski definition) is 0. The van der Waals surface area contributed by atoms with E-state index in [1.54, 1.807) is 11.6 Å². The van der Waals surface area contributed by atoms with Crippen molar-refractivity contribution in [2.45, 2.75) is 5.03 Å². The number of sulfonamides is 1. The van der Waals surface area contributed by atoms with Gasteiger partial charge in [0.25, 0.3) is 10.0 Å². The quantitative estimate of drug-likeness (QED) is 0.808. The molecule has 2 aromatic heterocycles. The number of nitrogens with zero attached hydrogens (tertiary/aromatic N) is 3. The molecular formula is C9H10ClN3O2S2. The molecule has 0 saturated heterocycles. The Morgan fingerprint density at radius 2 is 2.41 bits per heavy atom. The van der Waals surface area contributed by atoms with Crippen molar-refractivity contribution in [1.82, 2.24) is 13.7 Å². The van der Waals surface area contributed by atoms with Crippen LogP contribution < -0.4 is 0 Å². The van der Waals surface area contributed by atoms with Crippen LogP contribution in [0.4, 0.5) is 0 Å². The minimum Gasteiger partial charge on any atom is -0.279 e. The third kappa shape index (κ3) is 1.99. The number of fused-ring (bicyclic) bond motifs is 1. The predicted molar refractivity (Wildman–Crippen MR) is 68.1 cm³/mol. The summed E-state index contributed by atoms with van der Waals surface area (Å²) in [5.74, 6) is 0. The molecule has 8 heteroatoms. The van der Waals surface area contributed by atoms with Gasteiger partial charge in [-0.2, -0.15) is 4.31 Å². The molecule has 0 N–H and O–H groups in total. The van der Waals surface area contributed by atoms with Gasteiger partial charge in [0.05, 0.1) is 0 Å². The number of hydrogen-bond acceptors (Lipinski definition) is 4. The van der Waals surface area contributed by atoms with Crippen LogP contribution in [0.2, 0.25) is 5.15 Å². The Kier molecular flexibility index (Phi) is 3.26. The van der Waals surface area contributed by atoms with E-state index >= 15 is 0 Å². The third-order valence-electron chi connectivity index (χ3n) is 2.22. The standard InChI is InChI=1S/C9H10ClN3O2S2/c1-3-4-12(2)17(14,15)8-7(10)11-9-13(8)5-6-16-9/h3,5-6H,1,4H2,2H3. The summed E-state index contributed by atoms with van der Waals surface area (Å²) in [6.07, 6.45) is 3.14. The second kappa shape index (κ2) is 4.41. The normalized spacial score (nSPS) is 12.4. The lowest BCUT2D eigenvalue weighted by molar-refractivity contribution is 0.495. The lowest BCUT2D eigenvalue weighted by Gasteiger charge is -2.14. The highest BCUT2D eigenvalue weighted by molar-refractivity contribution is 7.89. The number of aromatic nitrogens is 2. The van der Waals surface area contributed by atoms with Crippen molar-refractivity contribution < 1.29 is 8.42 Å². The largest absolute Gasteiger partial charge is 0.279 e. The van der Waals surface area contributed by atoms with Crippen LogP contribution in [0.1, 0.15) is 0 Å². The van der Waals surface area contributed by atoms with E-state index < -0.39 is 10.0 Å². The zero-order chi connectivity index (χ0) is 12.6. The van der Waals surface area contributed by atoms with E-state index in [4.69, 9.17) is 11.6 Å². The highest BCUT2D eigenvalue weighted by Gasteiger charge is 2.28. The molecule has 0 aliphatic rings. The second-order valence-electron chi connectivity index (χ2n) is 3.34. The van der Waals surface area contributed by atoms with Gasteiger partial charge in [-0.25, -0.2) is 13.4 Å². The van der Waals surface area contributed by atoms with E-state index in [0.29, 0.717) is 4.96 Å². The summed E-state index contributed by atoms with van der Waals surface area (Å²) >= 11 is 7.21. The molecule has 0 fully saturated rings. The Morgan fingerprint density at radius 3 is 3.06 bits per heavy atom. The second-order valence-corrected chi connectivity index (χ2v) is 6.53. The molecule has 0 amide bonds. The van der Waals surface area contributed by atoms with Crippen LogP contribution in [-0.2, 0) is 10.0 Å². The van der Waals surface area contributed by atoms with Crippen LogP contribution in [0.25, 0.3) is 4.96 Å². The van der Waals surface area contributed by atoms with Crippen molar-refractivity contribution in [3.05, 3.63) is 29.4 Å². The Labute approximate surface area is 108 Å². The summed E-state index contributed by atoms with van der Waals surface area (Å²) in [6, 6.07) is 0. The summed E-state index contributed by atoms with van der Waals surface area (Å²) in [5.41, 5.74) is 0. The molecular weight excluding hydrogens is 282 g/mol. The first-order valence-electron chi connectivity index (χ1n) is 4.66. The monoisotopic (exact) mass is 291 g/mol. The van der Waals surface area contributed by atoms with Gasteiger partial charge >= 0.3 is 0 Å². The number of rotatable bonds is 4. The summed E-state index contributed by atoms with van der Waals surface area (Å²) in [7, 11) is -2.18. The van der Waals surface area contributed by atoms with E-state index in [-0.39, 0.29) is 16.7 Å². The van der Waals surface area contributed by atoms with Crippen LogP contribution in [0.3, 0.4) is 0 Å². The average Bonchev–Trinajstić information content (AvgIpc) is 2.76. The van der Waals surface area contributed by atoms with Gasteiger partial charge in [-0.3, -0.25) is 4.40 Å². The van der Waals surface area contributed by atoms with E-state index in [2.05, 4.69) is 11.6 Å². The van der Waals surface area contributed by atoms with Crippen molar-refractivity contribution in [1.29, 1.82) is 0 Å². The van der Waals surface area contributed by atoms with Crippen molar-refractivity contribution in [3.8, 4) is 0 Å². The maximum Gasteiger partial charge on any atom is 0.262 e. The molecule has 17 heavy (non-hydrogen) atoms. The lowest BCUT2D eigenvalue weighted by Crippen LogP contribution is -2.28. The number of likely N-dealkylation sites (N-methyl/N-ethyl adjacent to an activating group) is 1. The molecule has 0 radical (unpaired) electrons. The maximum atomic E-state index is 12.3. The number of thiazole rings is 1. The Morgan fingerprint density at radius 1 is 1.71 bits per heavy atom.